The summed E-state index contributed by atoms with van der Waals surface area (Å²) in [5, 5.41) is 22.4. The van der Waals surface area contributed by atoms with Crippen molar-refractivity contribution in [2.24, 2.45) is 0 Å². The number of phenolic OH excluding ortho intramolecular Hbond substituents is 1. The fraction of sp³-hybridized carbons (Fsp3) is 0.533. The van der Waals surface area contributed by atoms with Crippen molar-refractivity contribution in [1.82, 2.24) is 5.32 Å². The van der Waals surface area contributed by atoms with Crippen LogP contribution in [0.25, 0.3) is 0 Å². The van der Waals surface area contributed by atoms with Gasteiger partial charge in [0, 0.05) is 6.54 Å². The summed E-state index contributed by atoms with van der Waals surface area (Å²) in [5.74, 6) is 0.0486. The van der Waals surface area contributed by atoms with Gasteiger partial charge in [-0.3, -0.25) is 4.79 Å². The number of phenols is 1. The Morgan fingerprint density at radius 3 is 2.47 bits per heavy atom. The van der Waals surface area contributed by atoms with E-state index in [1.54, 1.807) is 12.1 Å². The average molecular weight is 265 g/mol. The number of aliphatic hydroxyl groups is 1. The lowest BCUT2D eigenvalue weighted by atomic mass is 9.97. The molecule has 1 aromatic carbocycles. The monoisotopic (exact) mass is 265 g/mol. The summed E-state index contributed by atoms with van der Waals surface area (Å²) in [6, 6.07) is 5.20. The molecule has 4 heteroatoms. The predicted molar refractivity (Wildman–Crippen MR) is 75.1 cm³/mol. The van der Waals surface area contributed by atoms with E-state index in [2.05, 4.69) is 5.32 Å². The lowest BCUT2D eigenvalue weighted by Crippen LogP contribution is -2.42. The molecule has 0 fully saturated rings. The number of carbonyl (C=O) groups is 1. The minimum Gasteiger partial charge on any atom is -0.508 e. The second-order valence-electron chi connectivity index (χ2n) is 5.01. The van der Waals surface area contributed by atoms with Crippen LogP contribution in [0.3, 0.4) is 0 Å². The van der Waals surface area contributed by atoms with E-state index in [1.165, 1.54) is 0 Å². The summed E-state index contributed by atoms with van der Waals surface area (Å²) >= 11 is 0. The van der Waals surface area contributed by atoms with Gasteiger partial charge in [-0.1, -0.05) is 26.0 Å². The summed E-state index contributed by atoms with van der Waals surface area (Å²) < 4.78 is 0. The second kappa shape index (κ2) is 6.57. The van der Waals surface area contributed by atoms with Crippen LogP contribution in [-0.2, 0) is 11.2 Å². The summed E-state index contributed by atoms with van der Waals surface area (Å²) in [5.41, 5.74) is 0.720. The molecule has 0 spiro atoms. The van der Waals surface area contributed by atoms with E-state index in [9.17, 15) is 15.0 Å². The number of nitrogens with one attached hydrogen (secondary N) is 1. The highest BCUT2D eigenvalue weighted by atomic mass is 16.3. The van der Waals surface area contributed by atoms with Crippen molar-refractivity contribution in [3.63, 3.8) is 0 Å². The van der Waals surface area contributed by atoms with E-state index in [4.69, 9.17) is 0 Å². The highest BCUT2D eigenvalue weighted by Crippen LogP contribution is 2.18. The molecule has 1 aromatic rings. The molecule has 1 amide bonds. The van der Waals surface area contributed by atoms with Crippen molar-refractivity contribution in [2.75, 3.05) is 6.54 Å². The number of aryl methyl sites for hydroxylation is 1. The normalized spacial score (nSPS) is 11.4. The van der Waals surface area contributed by atoms with Crippen molar-refractivity contribution in [2.45, 2.75) is 45.6 Å². The summed E-state index contributed by atoms with van der Waals surface area (Å²) in [4.78, 5) is 11.8. The maximum atomic E-state index is 11.8. The van der Waals surface area contributed by atoms with Crippen LogP contribution in [0.1, 0.15) is 37.8 Å². The number of benzene rings is 1. The molecule has 0 aliphatic heterocycles. The third-order valence-corrected chi connectivity index (χ3v) is 3.57. The van der Waals surface area contributed by atoms with Crippen LogP contribution in [0.2, 0.25) is 0 Å². The van der Waals surface area contributed by atoms with Crippen LogP contribution in [0.15, 0.2) is 18.2 Å². The zero-order valence-corrected chi connectivity index (χ0v) is 11.9. The van der Waals surface area contributed by atoms with E-state index in [1.807, 2.05) is 26.8 Å². The average Bonchev–Trinajstić information content (AvgIpc) is 2.40. The number of amides is 1. The Morgan fingerprint density at radius 1 is 1.32 bits per heavy atom. The SMILES string of the molecule is CCC(O)(CC)CNC(=O)Cc1ccc(C)c(O)c1. The Morgan fingerprint density at radius 2 is 1.95 bits per heavy atom. The molecule has 0 atom stereocenters. The van der Waals surface area contributed by atoms with Crippen LogP contribution in [0.5, 0.6) is 5.75 Å². The maximum Gasteiger partial charge on any atom is 0.224 e. The number of rotatable bonds is 6. The first-order valence-corrected chi connectivity index (χ1v) is 6.67. The zero-order valence-electron chi connectivity index (χ0n) is 11.9. The summed E-state index contributed by atoms with van der Waals surface area (Å²) in [6.45, 7) is 5.86. The van der Waals surface area contributed by atoms with E-state index in [0.29, 0.717) is 12.8 Å². The number of carbonyl (C=O) groups excluding carboxylic acids is 1. The first-order chi connectivity index (χ1) is 8.90. The van der Waals surface area contributed by atoms with Gasteiger partial charge in [0.1, 0.15) is 5.75 Å². The van der Waals surface area contributed by atoms with Gasteiger partial charge in [0.15, 0.2) is 0 Å². The van der Waals surface area contributed by atoms with Gasteiger partial charge in [0.2, 0.25) is 5.91 Å². The fourth-order valence-corrected chi connectivity index (χ4v) is 1.78. The predicted octanol–water partition coefficient (Wildman–Crippen LogP) is 1.91. The molecule has 19 heavy (non-hydrogen) atoms. The molecule has 0 aromatic heterocycles. The van der Waals surface area contributed by atoms with Gasteiger partial charge in [0.05, 0.1) is 12.0 Å². The largest absolute Gasteiger partial charge is 0.508 e. The molecule has 0 aliphatic carbocycles. The quantitative estimate of drug-likeness (QED) is 0.736. The van der Waals surface area contributed by atoms with Gasteiger partial charge in [-0.15, -0.1) is 0 Å². The molecule has 0 radical (unpaired) electrons. The molecule has 0 bridgehead atoms. The zero-order chi connectivity index (χ0) is 14.5. The minimum absolute atomic E-state index is 0.149. The minimum atomic E-state index is -0.828. The Hall–Kier alpha value is -1.55. The Labute approximate surface area is 114 Å². The molecule has 0 heterocycles. The van der Waals surface area contributed by atoms with Gasteiger partial charge in [-0.05, 0) is 37.0 Å². The van der Waals surface area contributed by atoms with Gasteiger partial charge in [0.25, 0.3) is 0 Å². The number of hydrogen-bond acceptors (Lipinski definition) is 3. The van der Waals surface area contributed by atoms with Crippen molar-refractivity contribution in [3.05, 3.63) is 29.3 Å². The van der Waals surface area contributed by atoms with Crippen molar-refractivity contribution >= 4 is 5.91 Å². The van der Waals surface area contributed by atoms with Gasteiger partial charge in [-0.25, -0.2) is 0 Å². The van der Waals surface area contributed by atoms with Crippen molar-refractivity contribution in [1.29, 1.82) is 0 Å². The third-order valence-electron chi connectivity index (χ3n) is 3.57. The van der Waals surface area contributed by atoms with Crippen LogP contribution < -0.4 is 5.32 Å². The standard InChI is InChI=1S/C15H23NO3/c1-4-15(19,5-2)10-16-14(18)9-12-7-6-11(3)13(17)8-12/h6-8,17,19H,4-5,9-10H2,1-3H3,(H,16,18). The van der Waals surface area contributed by atoms with E-state index >= 15 is 0 Å². The van der Waals surface area contributed by atoms with Crippen LogP contribution in [0.4, 0.5) is 0 Å². The van der Waals surface area contributed by atoms with E-state index < -0.39 is 5.60 Å². The van der Waals surface area contributed by atoms with Crippen LogP contribution in [-0.4, -0.2) is 28.3 Å². The highest BCUT2D eigenvalue weighted by Gasteiger charge is 2.22. The Bertz CT molecular complexity index is 439. The summed E-state index contributed by atoms with van der Waals surface area (Å²) in [6.07, 6.45) is 1.42. The summed E-state index contributed by atoms with van der Waals surface area (Å²) in [7, 11) is 0. The van der Waals surface area contributed by atoms with Gasteiger partial charge < -0.3 is 15.5 Å². The molecule has 0 saturated heterocycles. The smallest absolute Gasteiger partial charge is 0.224 e. The van der Waals surface area contributed by atoms with E-state index in [-0.39, 0.29) is 24.6 Å². The molecular weight excluding hydrogens is 242 g/mol. The van der Waals surface area contributed by atoms with Crippen molar-refractivity contribution < 1.29 is 15.0 Å². The third kappa shape index (κ3) is 4.56. The number of aromatic hydroxyl groups is 1. The Balaban J connectivity index is 2.53. The first kappa shape index (κ1) is 15.5. The first-order valence-electron chi connectivity index (χ1n) is 6.67. The molecule has 0 aliphatic rings. The molecule has 0 saturated carbocycles. The molecule has 4 nitrogen and oxygen atoms in total. The molecule has 0 unspecified atom stereocenters. The van der Waals surface area contributed by atoms with Crippen molar-refractivity contribution in [3.8, 4) is 5.75 Å². The van der Waals surface area contributed by atoms with Gasteiger partial charge in [-0.2, -0.15) is 0 Å². The second-order valence-corrected chi connectivity index (χ2v) is 5.01. The lowest BCUT2D eigenvalue weighted by molar-refractivity contribution is -0.121. The molecular formula is C15H23NO3. The van der Waals surface area contributed by atoms with Crippen LogP contribution >= 0.6 is 0 Å². The number of hydrogen-bond donors (Lipinski definition) is 3. The fourth-order valence-electron chi connectivity index (χ4n) is 1.78. The van der Waals surface area contributed by atoms with Gasteiger partial charge >= 0.3 is 0 Å². The molecule has 106 valence electrons. The Kier molecular flexibility index (Phi) is 5.36. The van der Waals surface area contributed by atoms with E-state index in [0.717, 1.165) is 11.1 Å². The topological polar surface area (TPSA) is 69.6 Å². The van der Waals surface area contributed by atoms with Crippen LogP contribution in [0, 0.1) is 6.92 Å². The molecule has 3 N–H and O–H groups in total. The maximum absolute atomic E-state index is 11.8. The lowest BCUT2D eigenvalue weighted by Gasteiger charge is -2.25. The highest BCUT2D eigenvalue weighted by molar-refractivity contribution is 5.78. The molecule has 1 rings (SSSR count).